The molecule has 0 atom stereocenters. The second-order valence-electron chi connectivity index (χ2n) is 2.03. The molecule has 4 heteroatoms. The smallest absolute Gasteiger partial charge is 0.187 e. The van der Waals surface area contributed by atoms with Crippen molar-refractivity contribution in [3.05, 3.63) is 18.0 Å². The third-order valence-electron chi connectivity index (χ3n) is 1.09. The van der Waals surface area contributed by atoms with Gasteiger partial charge in [0, 0.05) is 17.6 Å². The van der Waals surface area contributed by atoms with Gasteiger partial charge >= 0.3 is 0 Å². The van der Waals surface area contributed by atoms with Crippen molar-refractivity contribution < 1.29 is 5.11 Å². The maximum Gasteiger partial charge on any atom is 0.187 e. The number of nitrogens with zero attached hydrogens (tertiary/aromatic N) is 2. The Labute approximate surface area is 69.9 Å². The Balaban J connectivity index is 2.56. The number of hydrogen-bond donors (Lipinski definition) is 0. The van der Waals surface area contributed by atoms with E-state index in [9.17, 15) is 5.11 Å². The SMILES string of the molecule is Cc1ccnc(SCC[O])n1. The predicted octanol–water partition coefficient (Wildman–Crippen LogP) is 1.31. The lowest BCUT2D eigenvalue weighted by Crippen LogP contribution is -1.91. The maximum absolute atomic E-state index is 10.1. The fourth-order valence-electron chi connectivity index (χ4n) is 0.628. The number of aryl methyl sites for hydroxylation is 1. The summed E-state index contributed by atoms with van der Waals surface area (Å²) in [5.74, 6) is 0.545. The first-order valence-electron chi connectivity index (χ1n) is 3.33. The van der Waals surface area contributed by atoms with E-state index in [4.69, 9.17) is 0 Å². The summed E-state index contributed by atoms with van der Waals surface area (Å²) >= 11 is 1.40. The lowest BCUT2D eigenvalue weighted by Gasteiger charge is -1.96. The molecule has 0 spiro atoms. The van der Waals surface area contributed by atoms with E-state index >= 15 is 0 Å². The zero-order chi connectivity index (χ0) is 8.10. The minimum Gasteiger partial charge on any atom is -0.236 e. The normalized spacial score (nSPS) is 10.0. The molecule has 0 fully saturated rings. The monoisotopic (exact) mass is 169 g/mol. The molecule has 59 valence electrons. The molecule has 0 aromatic carbocycles. The van der Waals surface area contributed by atoms with Crippen LogP contribution in [0.1, 0.15) is 5.69 Å². The van der Waals surface area contributed by atoms with E-state index in [0.717, 1.165) is 5.69 Å². The van der Waals surface area contributed by atoms with Gasteiger partial charge in [0.05, 0.1) is 6.61 Å². The van der Waals surface area contributed by atoms with Crippen LogP contribution < -0.4 is 0 Å². The first-order valence-corrected chi connectivity index (χ1v) is 4.32. The Hall–Kier alpha value is -0.610. The van der Waals surface area contributed by atoms with Gasteiger partial charge in [0.1, 0.15) is 0 Å². The Morgan fingerprint density at radius 1 is 1.64 bits per heavy atom. The van der Waals surface area contributed by atoms with Gasteiger partial charge in [-0.2, -0.15) is 0 Å². The van der Waals surface area contributed by atoms with Crippen molar-refractivity contribution in [2.45, 2.75) is 12.1 Å². The quantitative estimate of drug-likeness (QED) is 0.506. The highest BCUT2D eigenvalue weighted by Gasteiger charge is 1.95. The van der Waals surface area contributed by atoms with Gasteiger partial charge in [-0.25, -0.2) is 15.1 Å². The van der Waals surface area contributed by atoms with Gasteiger partial charge in [-0.3, -0.25) is 0 Å². The van der Waals surface area contributed by atoms with Crippen LogP contribution in [0.2, 0.25) is 0 Å². The molecule has 0 bridgehead atoms. The third kappa shape index (κ3) is 2.86. The van der Waals surface area contributed by atoms with Crippen molar-refractivity contribution in [1.82, 2.24) is 9.97 Å². The van der Waals surface area contributed by atoms with Crippen molar-refractivity contribution in [3.8, 4) is 0 Å². The molecule has 11 heavy (non-hydrogen) atoms. The largest absolute Gasteiger partial charge is 0.236 e. The molecule has 1 aromatic heterocycles. The Bertz CT molecular complexity index is 229. The van der Waals surface area contributed by atoms with Gasteiger partial charge in [-0.15, -0.1) is 0 Å². The van der Waals surface area contributed by atoms with Gasteiger partial charge in [-0.05, 0) is 13.0 Å². The highest BCUT2D eigenvalue weighted by atomic mass is 32.2. The molecule has 1 heterocycles. The molecule has 1 aromatic rings. The molecule has 1 radical (unpaired) electrons. The van der Waals surface area contributed by atoms with Crippen molar-refractivity contribution in [1.29, 1.82) is 0 Å². The Morgan fingerprint density at radius 2 is 2.45 bits per heavy atom. The lowest BCUT2D eigenvalue weighted by molar-refractivity contribution is 0.215. The van der Waals surface area contributed by atoms with E-state index < -0.39 is 0 Å². The van der Waals surface area contributed by atoms with Crippen LogP contribution in [0.5, 0.6) is 0 Å². The van der Waals surface area contributed by atoms with Crippen molar-refractivity contribution in [2.75, 3.05) is 12.4 Å². The van der Waals surface area contributed by atoms with Crippen LogP contribution in [0, 0.1) is 6.92 Å². The lowest BCUT2D eigenvalue weighted by atomic mass is 10.5. The number of aromatic nitrogens is 2. The molecule has 0 aliphatic carbocycles. The summed E-state index contributed by atoms with van der Waals surface area (Å²) in [4.78, 5) is 8.11. The van der Waals surface area contributed by atoms with Gasteiger partial charge in [0.25, 0.3) is 0 Å². The fourth-order valence-corrected chi connectivity index (χ4v) is 1.24. The molecule has 0 unspecified atom stereocenters. The molecular formula is C7H9N2OS. The van der Waals surface area contributed by atoms with E-state index in [1.54, 1.807) is 6.20 Å². The number of hydrogen-bond acceptors (Lipinski definition) is 3. The van der Waals surface area contributed by atoms with Crippen molar-refractivity contribution >= 4 is 11.8 Å². The molecule has 0 saturated carbocycles. The minimum atomic E-state index is -0.0814. The Morgan fingerprint density at radius 3 is 3.09 bits per heavy atom. The van der Waals surface area contributed by atoms with E-state index in [2.05, 4.69) is 9.97 Å². The molecule has 0 N–H and O–H groups in total. The highest BCUT2D eigenvalue weighted by molar-refractivity contribution is 7.99. The van der Waals surface area contributed by atoms with Crippen LogP contribution in [-0.2, 0) is 5.11 Å². The molecule has 0 amide bonds. The number of rotatable bonds is 3. The van der Waals surface area contributed by atoms with Crippen molar-refractivity contribution in [3.63, 3.8) is 0 Å². The molecule has 1 rings (SSSR count). The summed E-state index contributed by atoms with van der Waals surface area (Å²) in [6.07, 6.45) is 1.70. The van der Waals surface area contributed by atoms with Crippen LogP contribution in [0.25, 0.3) is 0 Å². The van der Waals surface area contributed by atoms with Gasteiger partial charge in [0.2, 0.25) is 0 Å². The zero-order valence-electron chi connectivity index (χ0n) is 6.28. The van der Waals surface area contributed by atoms with Crippen molar-refractivity contribution in [2.24, 2.45) is 0 Å². The predicted molar refractivity (Wildman–Crippen MR) is 43.0 cm³/mol. The van der Waals surface area contributed by atoms with E-state index in [-0.39, 0.29) is 6.61 Å². The van der Waals surface area contributed by atoms with Crippen LogP contribution in [0.15, 0.2) is 17.4 Å². The van der Waals surface area contributed by atoms with Gasteiger partial charge in [0.15, 0.2) is 5.16 Å². The highest BCUT2D eigenvalue weighted by Crippen LogP contribution is 2.10. The van der Waals surface area contributed by atoms with Crippen LogP contribution in [-0.4, -0.2) is 22.3 Å². The first-order chi connectivity index (χ1) is 5.33. The van der Waals surface area contributed by atoms with Gasteiger partial charge in [-0.1, -0.05) is 11.8 Å². The fraction of sp³-hybridized carbons (Fsp3) is 0.429. The van der Waals surface area contributed by atoms with E-state index in [0.29, 0.717) is 10.9 Å². The standard InChI is InChI=1S/C7H9N2OS/c1-6-2-3-8-7(9-6)11-5-4-10/h2-3H,4-5H2,1H3. The van der Waals surface area contributed by atoms with E-state index in [1.807, 2.05) is 13.0 Å². The maximum atomic E-state index is 10.1. The second-order valence-corrected chi connectivity index (χ2v) is 3.10. The second kappa shape index (κ2) is 4.31. The summed E-state index contributed by atoms with van der Waals surface area (Å²) in [7, 11) is 0. The molecular weight excluding hydrogens is 160 g/mol. The first kappa shape index (κ1) is 8.49. The number of thioether (sulfide) groups is 1. The molecule has 0 aliphatic rings. The third-order valence-corrected chi connectivity index (χ3v) is 1.91. The Kier molecular flexibility index (Phi) is 3.32. The minimum absolute atomic E-state index is 0.0814. The zero-order valence-corrected chi connectivity index (χ0v) is 7.10. The van der Waals surface area contributed by atoms with Crippen LogP contribution in [0.4, 0.5) is 0 Å². The van der Waals surface area contributed by atoms with Crippen LogP contribution >= 0.6 is 11.8 Å². The average Bonchev–Trinajstić information content (AvgIpc) is 2.01. The summed E-state index contributed by atoms with van der Waals surface area (Å²) in [6, 6.07) is 1.83. The summed E-state index contributed by atoms with van der Waals surface area (Å²) < 4.78 is 0. The summed E-state index contributed by atoms with van der Waals surface area (Å²) in [6.45, 7) is 1.82. The van der Waals surface area contributed by atoms with Crippen LogP contribution in [0.3, 0.4) is 0 Å². The topological polar surface area (TPSA) is 45.7 Å². The average molecular weight is 169 g/mol. The summed E-state index contributed by atoms with van der Waals surface area (Å²) in [5, 5.41) is 10.8. The van der Waals surface area contributed by atoms with Gasteiger partial charge < -0.3 is 0 Å². The summed E-state index contributed by atoms with van der Waals surface area (Å²) in [5.41, 5.74) is 0.938. The molecule has 3 nitrogen and oxygen atoms in total. The molecule has 0 saturated heterocycles. The van der Waals surface area contributed by atoms with E-state index in [1.165, 1.54) is 11.8 Å². The molecule has 0 aliphatic heterocycles.